The number of rotatable bonds is 5. The van der Waals surface area contributed by atoms with Gasteiger partial charge in [0.2, 0.25) is 5.91 Å². The van der Waals surface area contributed by atoms with Crippen LogP contribution in [0.2, 0.25) is 0 Å². The zero-order chi connectivity index (χ0) is 14.7. The summed E-state index contributed by atoms with van der Waals surface area (Å²) in [5.74, 6) is 1.75. The topological polar surface area (TPSA) is 32.3 Å². The van der Waals surface area contributed by atoms with Crippen molar-refractivity contribution >= 4 is 5.91 Å². The van der Waals surface area contributed by atoms with Crippen LogP contribution in [0.1, 0.15) is 72.6 Å². The molecule has 1 amide bonds. The molecule has 5 atom stereocenters. The summed E-state index contributed by atoms with van der Waals surface area (Å²) in [5.41, 5.74) is 0. The van der Waals surface area contributed by atoms with Gasteiger partial charge in [0.25, 0.3) is 0 Å². The standard InChI is InChI=1S/C17H32N2O/c1-5-8-14-17(20)19(16(18-14)9-6-2)15-11-7-10-12(3)13(15)4/h12-16,18H,5-11H2,1-4H3. The summed E-state index contributed by atoms with van der Waals surface area (Å²) < 4.78 is 0. The third-order valence-electron chi connectivity index (χ3n) is 5.44. The average Bonchev–Trinajstić information content (AvgIpc) is 2.71. The fourth-order valence-electron chi connectivity index (χ4n) is 4.05. The summed E-state index contributed by atoms with van der Waals surface area (Å²) in [6, 6.07) is 0.526. The van der Waals surface area contributed by atoms with E-state index in [1.54, 1.807) is 0 Å². The van der Waals surface area contributed by atoms with Crippen molar-refractivity contribution in [3.8, 4) is 0 Å². The summed E-state index contributed by atoms with van der Waals surface area (Å²) in [6.45, 7) is 9.07. The largest absolute Gasteiger partial charge is 0.323 e. The van der Waals surface area contributed by atoms with Crippen molar-refractivity contribution in [1.82, 2.24) is 10.2 Å². The fraction of sp³-hybridized carbons (Fsp3) is 0.941. The molecule has 0 radical (unpaired) electrons. The van der Waals surface area contributed by atoms with Crippen molar-refractivity contribution < 1.29 is 4.79 Å². The number of nitrogens with zero attached hydrogens (tertiary/aromatic N) is 1. The van der Waals surface area contributed by atoms with Gasteiger partial charge in [-0.1, -0.05) is 53.4 Å². The summed E-state index contributed by atoms with van der Waals surface area (Å²) in [6.07, 6.45) is 8.35. The normalized spacial score (nSPS) is 38.5. The third-order valence-corrected chi connectivity index (χ3v) is 5.44. The van der Waals surface area contributed by atoms with Crippen LogP contribution in [-0.2, 0) is 4.79 Å². The molecule has 116 valence electrons. The number of carbonyl (C=O) groups excluding carboxylic acids is 1. The van der Waals surface area contributed by atoms with E-state index in [2.05, 4.69) is 37.9 Å². The van der Waals surface area contributed by atoms with Gasteiger partial charge in [-0.15, -0.1) is 0 Å². The maximum absolute atomic E-state index is 12.8. The van der Waals surface area contributed by atoms with Crippen molar-refractivity contribution in [1.29, 1.82) is 0 Å². The molecule has 0 spiro atoms. The van der Waals surface area contributed by atoms with Crippen LogP contribution in [0.25, 0.3) is 0 Å². The Kier molecular flexibility index (Phi) is 5.48. The molecule has 0 aromatic heterocycles. The molecule has 5 unspecified atom stereocenters. The summed E-state index contributed by atoms with van der Waals surface area (Å²) in [7, 11) is 0. The molecule has 0 bridgehead atoms. The van der Waals surface area contributed by atoms with E-state index in [1.807, 2.05) is 0 Å². The molecule has 1 aliphatic heterocycles. The van der Waals surface area contributed by atoms with Gasteiger partial charge in [-0.05, 0) is 31.1 Å². The lowest BCUT2D eigenvalue weighted by Gasteiger charge is -2.42. The van der Waals surface area contributed by atoms with Crippen LogP contribution in [0.4, 0.5) is 0 Å². The number of amides is 1. The first-order valence-corrected chi connectivity index (χ1v) is 8.68. The van der Waals surface area contributed by atoms with Crippen molar-refractivity contribution in [3.05, 3.63) is 0 Å². The molecule has 1 saturated heterocycles. The minimum absolute atomic E-state index is 0.0704. The molecule has 3 heteroatoms. The summed E-state index contributed by atoms with van der Waals surface area (Å²) >= 11 is 0. The third kappa shape index (κ3) is 3.03. The molecular formula is C17H32N2O. The number of nitrogens with one attached hydrogen (secondary N) is 1. The molecular weight excluding hydrogens is 248 g/mol. The maximum Gasteiger partial charge on any atom is 0.241 e. The average molecular weight is 280 g/mol. The zero-order valence-electron chi connectivity index (χ0n) is 13.7. The molecule has 0 aromatic rings. The lowest BCUT2D eigenvalue weighted by molar-refractivity contribution is -0.134. The van der Waals surface area contributed by atoms with Crippen LogP contribution in [0.5, 0.6) is 0 Å². The van der Waals surface area contributed by atoms with Gasteiger partial charge in [-0.3, -0.25) is 10.1 Å². The Balaban J connectivity index is 2.14. The predicted octanol–water partition coefficient (Wildman–Crippen LogP) is 3.54. The molecule has 0 aromatic carbocycles. The monoisotopic (exact) mass is 280 g/mol. The van der Waals surface area contributed by atoms with Gasteiger partial charge in [0.1, 0.15) is 0 Å². The first-order chi connectivity index (χ1) is 9.60. The predicted molar refractivity (Wildman–Crippen MR) is 83.3 cm³/mol. The summed E-state index contributed by atoms with van der Waals surface area (Å²) in [4.78, 5) is 15.0. The second-order valence-corrected chi connectivity index (χ2v) is 6.89. The fourth-order valence-corrected chi connectivity index (χ4v) is 4.05. The Morgan fingerprint density at radius 2 is 1.85 bits per heavy atom. The second-order valence-electron chi connectivity index (χ2n) is 6.89. The van der Waals surface area contributed by atoms with Gasteiger partial charge in [0.15, 0.2) is 0 Å². The van der Waals surface area contributed by atoms with Crippen LogP contribution in [0.15, 0.2) is 0 Å². The Labute approximate surface area is 124 Å². The van der Waals surface area contributed by atoms with Gasteiger partial charge < -0.3 is 4.90 Å². The van der Waals surface area contributed by atoms with E-state index < -0.39 is 0 Å². The van der Waals surface area contributed by atoms with Gasteiger partial charge in [0, 0.05) is 6.04 Å². The van der Waals surface area contributed by atoms with Gasteiger partial charge in [-0.25, -0.2) is 0 Å². The van der Waals surface area contributed by atoms with E-state index in [9.17, 15) is 4.79 Å². The van der Waals surface area contributed by atoms with Crippen LogP contribution in [0.3, 0.4) is 0 Å². The lowest BCUT2D eigenvalue weighted by Crippen LogP contribution is -2.50. The zero-order valence-corrected chi connectivity index (χ0v) is 13.7. The highest BCUT2D eigenvalue weighted by atomic mass is 16.2. The minimum atomic E-state index is 0.0704. The van der Waals surface area contributed by atoms with Crippen LogP contribution >= 0.6 is 0 Å². The van der Waals surface area contributed by atoms with E-state index in [-0.39, 0.29) is 12.2 Å². The van der Waals surface area contributed by atoms with Gasteiger partial charge in [0.05, 0.1) is 12.2 Å². The van der Waals surface area contributed by atoms with Crippen LogP contribution in [-0.4, -0.2) is 29.1 Å². The first kappa shape index (κ1) is 15.8. The Hall–Kier alpha value is -0.570. The number of hydrogen-bond donors (Lipinski definition) is 1. The molecule has 3 nitrogen and oxygen atoms in total. The molecule has 2 fully saturated rings. The number of hydrogen-bond acceptors (Lipinski definition) is 2. The molecule has 2 aliphatic rings. The molecule has 2 rings (SSSR count). The SMILES string of the molecule is CCCC1NC(CCC)N(C2CCCC(C)C2C)C1=O. The highest BCUT2D eigenvalue weighted by Crippen LogP contribution is 2.36. The minimum Gasteiger partial charge on any atom is -0.323 e. The first-order valence-electron chi connectivity index (χ1n) is 8.68. The Bertz CT molecular complexity index is 331. The quantitative estimate of drug-likeness (QED) is 0.835. The van der Waals surface area contributed by atoms with Gasteiger partial charge in [-0.2, -0.15) is 0 Å². The Morgan fingerprint density at radius 3 is 2.50 bits per heavy atom. The smallest absolute Gasteiger partial charge is 0.241 e. The number of carbonyl (C=O) groups is 1. The highest BCUT2D eigenvalue weighted by molar-refractivity contribution is 5.84. The summed E-state index contributed by atoms with van der Waals surface area (Å²) in [5, 5.41) is 3.60. The second kappa shape index (κ2) is 6.93. The van der Waals surface area contributed by atoms with Crippen LogP contribution in [0, 0.1) is 11.8 Å². The van der Waals surface area contributed by atoms with Crippen molar-refractivity contribution in [3.63, 3.8) is 0 Å². The molecule has 20 heavy (non-hydrogen) atoms. The van der Waals surface area contributed by atoms with E-state index in [0.717, 1.165) is 31.6 Å². The van der Waals surface area contributed by atoms with Gasteiger partial charge >= 0.3 is 0 Å². The maximum atomic E-state index is 12.8. The van der Waals surface area contributed by atoms with Crippen LogP contribution < -0.4 is 5.32 Å². The molecule has 1 saturated carbocycles. The highest BCUT2D eigenvalue weighted by Gasteiger charge is 2.44. The molecule has 1 N–H and O–H groups in total. The van der Waals surface area contributed by atoms with E-state index in [1.165, 1.54) is 19.3 Å². The van der Waals surface area contributed by atoms with Crippen molar-refractivity contribution in [2.75, 3.05) is 0 Å². The van der Waals surface area contributed by atoms with E-state index in [4.69, 9.17) is 0 Å². The molecule has 1 heterocycles. The van der Waals surface area contributed by atoms with E-state index in [0.29, 0.717) is 17.9 Å². The lowest BCUT2D eigenvalue weighted by atomic mass is 9.77. The van der Waals surface area contributed by atoms with E-state index >= 15 is 0 Å². The van der Waals surface area contributed by atoms with Crippen molar-refractivity contribution in [2.24, 2.45) is 11.8 Å². The van der Waals surface area contributed by atoms with Crippen molar-refractivity contribution in [2.45, 2.75) is 90.9 Å². The Morgan fingerprint density at radius 1 is 1.15 bits per heavy atom. The molecule has 1 aliphatic carbocycles.